The molecule has 6 atom stereocenters. The van der Waals surface area contributed by atoms with Gasteiger partial charge in [0, 0.05) is 0 Å². The summed E-state index contributed by atoms with van der Waals surface area (Å²) in [6.45, 7) is 0. The summed E-state index contributed by atoms with van der Waals surface area (Å²) in [5.74, 6) is -1.40. The Balaban J connectivity index is 1.03. The number of esters is 3. The van der Waals surface area contributed by atoms with E-state index in [-0.39, 0.29) is 16.6 Å². The van der Waals surface area contributed by atoms with Crippen LogP contribution in [0, 0.1) is 35.0 Å². The van der Waals surface area contributed by atoms with Crippen molar-refractivity contribution in [2.75, 3.05) is 0 Å². The molecule has 210 valence electrons. The molecule has 40 heavy (non-hydrogen) atoms. The van der Waals surface area contributed by atoms with Gasteiger partial charge < -0.3 is 18.9 Å². The number of benzene rings is 2. The van der Waals surface area contributed by atoms with Gasteiger partial charge in [0.15, 0.2) is 12.2 Å². The summed E-state index contributed by atoms with van der Waals surface area (Å²) >= 11 is 0. The maximum absolute atomic E-state index is 13.7. The molecule has 4 aliphatic carbocycles. The van der Waals surface area contributed by atoms with Gasteiger partial charge in [-0.2, -0.15) is 8.42 Å². The summed E-state index contributed by atoms with van der Waals surface area (Å²) < 4.78 is 55.6. The van der Waals surface area contributed by atoms with Crippen LogP contribution in [0.4, 0.5) is 0 Å². The van der Waals surface area contributed by atoms with Crippen LogP contribution in [0.2, 0.25) is 0 Å². The first-order valence-corrected chi connectivity index (χ1v) is 15.3. The van der Waals surface area contributed by atoms with Crippen molar-refractivity contribution in [3.63, 3.8) is 0 Å². The zero-order valence-electron chi connectivity index (χ0n) is 21.4. The molecule has 7 fully saturated rings. The van der Waals surface area contributed by atoms with Gasteiger partial charge in [-0.25, -0.2) is 0 Å². The van der Waals surface area contributed by atoms with Crippen molar-refractivity contribution in [2.45, 2.75) is 67.8 Å². The Bertz CT molecular complexity index is 1550. The number of fused-ring (bicyclic) bond motifs is 2. The summed E-state index contributed by atoms with van der Waals surface area (Å²) in [4.78, 5) is 39.7. The quantitative estimate of drug-likeness (QED) is 0.325. The van der Waals surface area contributed by atoms with E-state index in [4.69, 9.17) is 18.9 Å². The zero-order chi connectivity index (χ0) is 27.6. The van der Waals surface area contributed by atoms with Gasteiger partial charge in [0.1, 0.15) is 29.8 Å². The van der Waals surface area contributed by atoms with E-state index in [2.05, 4.69) is 0 Å². The van der Waals surface area contributed by atoms with Gasteiger partial charge in [-0.05, 0) is 91.3 Å². The molecular weight excluding hydrogens is 540 g/mol. The third-order valence-corrected chi connectivity index (χ3v) is 11.0. The first kappa shape index (κ1) is 24.8. The molecule has 0 spiro atoms. The lowest BCUT2D eigenvalue weighted by Gasteiger charge is -2.55. The highest BCUT2D eigenvalue weighted by Gasteiger charge is 2.72. The predicted molar refractivity (Wildman–Crippen MR) is 135 cm³/mol. The minimum Gasteiger partial charge on any atom is -0.455 e. The van der Waals surface area contributed by atoms with Crippen LogP contribution in [0.25, 0.3) is 10.8 Å². The molecule has 11 heteroatoms. The smallest absolute Gasteiger partial charge is 0.318 e. The van der Waals surface area contributed by atoms with E-state index >= 15 is 0 Å². The first-order valence-electron chi connectivity index (χ1n) is 13.9. The monoisotopic (exact) mass is 568 g/mol. The van der Waals surface area contributed by atoms with Crippen molar-refractivity contribution in [1.82, 2.24) is 0 Å². The number of carbonyl (C=O) groups is 3. The minimum atomic E-state index is -4.36. The molecule has 0 amide bonds. The molecule has 3 aliphatic heterocycles. The normalized spacial score (nSPS) is 40.4. The van der Waals surface area contributed by atoms with Crippen molar-refractivity contribution in [1.29, 1.82) is 0 Å². The number of ether oxygens (including phenoxy) is 4. The fourth-order valence-electron chi connectivity index (χ4n) is 8.96. The van der Waals surface area contributed by atoms with E-state index in [1.54, 1.807) is 12.1 Å². The molecule has 3 saturated heterocycles. The van der Waals surface area contributed by atoms with Crippen molar-refractivity contribution >= 4 is 38.8 Å². The van der Waals surface area contributed by atoms with Crippen LogP contribution in [0.5, 0.6) is 5.75 Å². The van der Waals surface area contributed by atoms with Crippen LogP contribution in [0.15, 0.2) is 41.3 Å². The minimum absolute atomic E-state index is 0.199. The highest BCUT2D eigenvalue weighted by Crippen LogP contribution is 2.61. The summed E-state index contributed by atoms with van der Waals surface area (Å²) in [5.41, 5.74) is -0.491. The fourth-order valence-corrected chi connectivity index (χ4v) is 9.47. The predicted octanol–water partition coefficient (Wildman–Crippen LogP) is 3.06. The molecule has 4 saturated carbocycles. The van der Waals surface area contributed by atoms with Gasteiger partial charge in [0.2, 0.25) is 0 Å². The summed E-state index contributed by atoms with van der Waals surface area (Å²) in [5, 5.41) is 1.11. The van der Waals surface area contributed by atoms with Crippen molar-refractivity contribution in [2.24, 2.45) is 35.0 Å². The molecule has 0 radical (unpaired) electrons. The Hall–Kier alpha value is -3.02. The Kier molecular flexibility index (Phi) is 5.11. The maximum atomic E-state index is 13.7. The van der Waals surface area contributed by atoms with Crippen LogP contribution < -0.4 is 4.74 Å². The van der Waals surface area contributed by atoms with Gasteiger partial charge in [-0.15, -0.1) is 0 Å². The zero-order valence-corrected chi connectivity index (χ0v) is 22.2. The molecule has 6 unspecified atom stereocenters. The van der Waals surface area contributed by atoms with Crippen LogP contribution in [0.3, 0.4) is 0 Å². The summed E-state index contributed by atoms with van der Waals surface area (Å²) in [6, 6.07) is 8.70. The molecule has 2 aromatic rings. The number of hydrogen-bond acceptors (Lipinski definition) is 9. The van der Waals surface area contributed by atoms with Crippen LogP contribution in [-0.4, -0.2) is 55.3 Å². The van der Waals surface area contributed by atoms with Crippen LogP contribution in [-0.2, 0) is 38.7 Å². The fraction of sp³-hybridized carbons (Fsp3) is 0.552. The lowest BCUT2D eigenvalue weighted by atomic mass is 9.49. The Morgan fingerprint density at radius 2 is 1.55 bits per heavy atom. The number of hydrogen-bond donors (Lipinski definition) is 1. The third-order valence-electron chi connectivity index (χ3n) is 10.2. The van der Waals surface area contributed by atoms with E-state index in [1.165, 1.54) is 43.5 Å². The van der Waals surface area contributed by atoms with Gasteiger partial charge in [0.25, 0.3) is 10.1 Å². The van der Waals surface area contributed by atoms with Crippen molar-refractivity contribution in [3.8, 4) is 5.75 Å². The first-order chi connectivity index (χ1) is 19.1. The molecule has 7 aliphatic rings. The molecule has 6 bridgehead atoms. The second-order valence-corrected chi connectivity index (χ2v) is 14.1. The van der Waals surface area contributed by atoms with Crippen molar-refractivity contribution in [3.05, 3.63) is 36.4 Å². The highest BCUT2D eigenvalue weighted by atomic mass is 32.2. The van der Waals surface area contributed by atoms with Crippen LogP contribution in [0.1, 0.15) is 38.5 Å². The molecule has 0 aromatic heterocycles. The lowest BCUT2D eigenvalue weighted by Crippen LogP contribution is -2.54. The summed E-state index contributed by atoms with van der Waals surface area (Å²) in [7, 11) is -4.36. The standard InChI is InChI=1S/C29H28O10S/c30-26(36-18-3-1-17-9-19(40(33,34)35)4-2-16(17)8-18)20-21-22-24(38-27(21)31)25(23(20)37-22)39-28(32)29-10-13-5-14(11-29)7-15(6-13)12-29/h1-4,8-9,13-15,20-25H,5-7,10-12H2,(H,33,34,35). The Morgan fingerprint density at radius 1 is 0.900 bits per heavy atom. The van der Waals surface area contributed by atoms with E-state index in [9.17, 15) is 27.4 Å². The van der Waals surface area contributed by atoms with Gasteiger partial charge in [-0.1, -0.05) is 12.1 Å². The number of carbonyl (C=O) groups excluding carboxylic acids is 3. The molecule has 1 N–H and O–H groups in total. The molecule has 10 nitrogen and oxygen atoms in total. The number of rotatable bonds is 5. The molecular formula is C29H28O10S. The molecule has 3 heterocycles. The lowest BCUT2D eigenvalue weighted by molar-refractivity contribution is -0.185. The van der Waals surface area contributed by atoms with Gasteiger partial charge >= 0.3 is 17.9 Å². The van der Waals surface area contributed by atoms with Crippen molar-refractivity contribution < 1.29 is 46.3 Å². The highest BCUT2D eigenvalue weighted by molar-refractivity contribution is 7.85. The topological polar surface area (TPSA) is 142 Å². The average molecular weight is 569 g/mol. The third kappa shape index (κ3) is 3.60. The molecule has 9 rings (SSSR count). The van der Waals surface area contributed by atoms with E-state index in [1.807, 2.05) is 0 Å². The second-order valence-electron chi connectivity index (χ2n) is 12.7. The van der Waals surface area contributed by atoms with Crippen LogP contribution >= 0.6 is 0 Å². The van der Waals surface area contributed by atoms with Gasteiger partial charge in [-0.3, -0.25) is 18.9 Å². The van der Waals surface area contributed by atoms with E-state index in [0.29, 0.717) is 28.5 Å². The Morgan fingerprint density at radius 3 is 2.23 bits per heavy atom. The Labute approximate surface area is 230 Å². The maximum Gasteiger partial charge on any atom is 0.318 e. The largest absolute Gasteiger partial charge is 0.455 e. The molecule has 2 aromatic carbocycles. The van der Waals surface area contributed by atoms with E-state index in [0.717, 1.165) is 19.3 Å². The SMILES string of the molecule is O=C1OC2C(OC(=O)C34CC5CC(CC(C5)C3)C4)C3OC2C1C3C(=O)Oc1ccc2cc(S(=O)(=O)O)ccc2c1. The van der Waals surface area contributed by atoms with Gasteiger partial charge in [0.05, 0.1) is 10.3 Å². The second kappa shape index (κ2) is 8.27. The average Bonchev–Trinajstić information content (AvgIpc) is 3.51. The van der Waals surface area contributed by atoms with E-state index < -0.39 is 63.7 Å². The summed E-state index contributed by atoms with van der Waals surface area (Å²) in [6.07, 6.45) is 3.00.